The van der Waals surface area contributed by atoms with Crippen LogP contribution in [0.4, 0.5) is 0 Å². The molecule has 0 spiro atoms. The van der Waals surface area contributed by atoms with Crippen LogP contribution < -0.4 is 0 Å². The Labute approximate surface area is 181 Å². The van der Waals surface area contributed by atoms with Crippen LogP contribution in [0.2, 0.25) is 0 Å². The Balaban J connectivity index is 1.12. The third-order valence-corrected chi connectivity index (χ3v) is 8.05. The molecule has 1 aromatic carbocycles. The minimum absolute atomic E-state index is 0.00294. The Morgan fingerprint density at radius 1 is 0.903 bits per heavy atom. The van der Waals surface area contributed by atoms with E-state index in [1.165, 1.54) is 25.6 Å². The summed E-state index contributed by atoms with van der Waals surface area (Å²) in [5.74, 6) is 2.68. The minimum atomic E-state index is -0.0961. The van der Waals surface area contributed by atoms with Crippen LogP contribution in [-0.4, -0.2) is 68.0 Å². The predicted molar refractivity (Wildman–Crippen MR) is 112 cm³/mol. The molecular weight excluding hydrogens is 392 g/mol. The average molecular weight is 421 g/mol. The molecule has 0 atom stereocenters. The second-order valence-electron chi connectivity index (χ2n) is 10.1. The largest absolute Gasteiger partial charge is 0.339 e. The van der Waals surface area contributed by atoms with E-state index >= 15 is 0 Å². The lowest BCUT2D eigenvalue weighted by Crippen LogP contribution is -2.58. The van der Waals surface area contributed by atoms with Gasteiger partial charge in [0.05, 0.1) is 11.1 Å². The maximum absolute atomic E-state index is 13.6. The lowest BCUT2D eigenvalue weighted by atomic mass is 9.49. The maximum atomic E-state index is 13.6. The number of piperazine rings is 1. The summed E-state index contributed by atoms with van der Waals surface area (Å²) in [6.07, 6.45) is 8.84. The van der Waals surface area contributed by atoms with Gasteiger partial charge in [-0.3, -0.25) is 9.59 Å². The van der Waals surface area contributed by atoms with E-state index in [2.05, 4.69) is 20.4 Å². The summed E-state index contributed by atoms with van der Waals surface area (Å²) < 4.78 is 1.54. The van der Waals surface area contributed by atoms with E-state index in [1.807, 2.05) is 29.2 Å². The normalized spacial score (nSPS) is 31.8. The molecule has 5 aliphatic rings. The van der Waals surface area contributed by atoms with E-state index in [0.29, 0.717) is 37.6 Å². The number of aromatic nitrogens is 4. The van der Waals surface area contributed by atoms with Crippen LogP contribution in [0.15, 0.2) is 30.6 Å². The van der Waals surface area contributed by atoms with Gasteiger partial charge in [-0.2, -0.15) is 0 Å². The number of hydrogen-bond acceptors (Lipinski definition) is 5. The van der Waals surface area contributed by atoms with Gasteiger partial charge in [-0.15, -0.1) is 5.10 Å². The molecule has 4 saturated carbocycles. The van der Waals surface area contributed by atoms with Gasteiger partial charge >= 0.3 is 0 Å². The molecule has 8 heteroatoms. The maximum Gasteiger partial charge on any atom is 0.254 e. The lowest BCUT2D eigenvalue weighted by Gasteiger charge is -2.57. The SMILES string of the molecule is O=C(c1cccc(-n2cnnn2)c1)N1CCN(C(=O)C23CC4CC(CC(C4)C2)C3)CC1. The van der Waals surface area contributed by atoms with Gasteiger partial charge in [0, 0.05) is 31.7 Å². The summed E-state index contributed by atoms with van der Waals surface area (Å²) in [6.45, 7) is 2.45. The molecule has 8 nitrogen and oxygen atoms in total. The standard InChI is InChI=1S/C23H28N6O2/c30-21(19-2-1-3-20(11-19)29-15-24-25-26-29)27-4-6-28(7-5-27)22(31)23-12-16-8-17(13-23)10-18(9-16)14-23/h1-3,11,15-18H,4-10,12-14H2. The molecular formula is C23H28N6O2. The number of nitrogens with zero attached hydrogens (tertiary/aromatic N) is 6. The number of tetrazole rings is 1. The van der Waals surface area contributed by atoms with Gasteiger partial charge in [0.25, 0.3) is 5.91 Å². The van der Waals surface area contributed by atoms with E-state index in [9.17, 15) is 9.59 Å². The highest BCUT2D eigenvalue weighted by Gasteiger charge is 2.55. The van der Waals surface area contributed by atoms with Gasteiger partial charge in [0.2, 0.25) is 5.91 Å². The van der Waals surface area contributed by atoms with Crippen molar-refractivity contribution in [2.75, 3.05) is 26.2 Å². The van der Waals surface area contributed by atoms with Gasteiger partial charge in [0.15, 0.2) is 0 Å². The second kappa shape index (κ2) is 7.14. The number of amides is 2. The fourth-order valence-electron chi connectivity index (χ4n) is 7.06. The van der Waals surface area contributed by atoms with E-state index < -0.39 is 0 Å². The first-order valence-electron chi connectivity index (χ1n) is 11.5. The zero-order valence-electron chi connectivity index (χ0n) is 17.7. The molecule has 5 fully saturated rings. The minimum Gasteiger partial charge on any atom is -0.339 e. The van der Waals surface area contributed by atoms with E-state index in [-0.39, 0.29) is 11.3 Å². The average Bonchev–Trinajstić information content (AvgIpc) is 3.33. The summed E-state index contributed by atoms with van der Waals surface area (Å²) in [5.41, 5.74) is 1.28. The molecule has 4 aliphatic carbocycles. The van der Waals surface area contributed by atoms with Crippen molar-refractivity contribution in [1.29, 1.82) is 0 Å². The van der Waals surface area contributed by atoms with Crippen molar-refractivity contribution in [3.8, 4) is 5.69 Å². The van der Waals surface area contributed by atoms with Crippen molar-refractivity contribution >= 4 is 11.8 Å². The van der Waals surface area contributed by atoms with Crippen LogP contribution in [0.25, 0.3) is 5.69 Å². The Kier molecular flexibility index (Phi) is 4.36. The Bertz CT molecular complexity index is 960. The summed E-state index contributed by atoms with van der Waals surface area (Å²) in [6, 6.07) is 7.35. The molecule has 162 valence electrons. The first-order chi connectivity index (χ1) is 15.1. The first kappa shape index (κ1) is 19.0. The fourth-order valence-corrected chi connectivity index (χ4v) is 7.06. The van der Waals surface area contributed by atoms with Gasteiger partial charge in [-0.1, -0.05) is 6.07 Å². The number of rotatable bonds is 3. The zero-order valence-corrected chi connectivity index (χ0v) is 17.7. The summed E-state index contributed by atoms with van der Waals surface area (Å²) in [5, 5.41) is 11.2. The summed E-state index contributed by atoms with van der Waals surface area (Å²) >= 11 is 0. The number of hydrogen-bond donors (Lipinski definition) is 0. The smallest absolute Gasteiger partial charge is 0.254 e. The zero-order chi connectivity index (χ0) is 21.0. The van der Waals surface area contributed by atoms with Gasteiger partial charge in [-0.05, 0) is 84.9 Å². The molecule has 7 rings (SSSR count). The van der Waals surface area contributed by atoms with E-state index in [4.69, 9.17) is 0 Å². The third kappa shape index (κ3) is 3.23. The fraction of sp³-hybridized carbons (Fsp3) is 0.609. The van der Waals surface area contributed by atoms with Crippen LogP contribution in [0.3, 0.4) is 0 Å². The molecule has 1 aromatic heterocycles. The predicted octanol–water partition coefficient (Wildman–Crippen LogP) is 2.16. The Morgan fingerprint density at radius 2 is 1.55 bits per heavy atom. The Hall–Kier alpha value is -2.77. The molecule has 0 N–H and O–H groups in total. The van der Waals surface area contributed by atoms with Crippen LogP contribution in [0.5, 0.6) is 0 Å². The summed E-state index contributed by atoms with van der Waals surface area (Å²) in [4.78, 5) is 30.6. The molecule has 2 amide bonds. The molecule has 31 heavy (non-hydrogen) atoms. The van der Waals surface area contributed by atoms with Crippen LogP contribution in [-0.2, 0) is 4.79 Å². The van der Waals surface area contributed by atoms with Crippen LogP contribution in [0.1, 0.15) is 48.9 Å². The highest BCUT2D eigenvalue weighted by molar-refractivity contribution is 5.95. The topological polar surface area (TPSA) is 84.2 Å². The van der Waals surface area contributed by atoms with Crippen molar-refractivity contribution in [2.24, 2.45) is 23.2 Å². The number of carbonyl (C=O) groups excluding carboxylic acids is 2. The third-order valence-electron chi connectivity index (χ3n) is 8.05. The molecule has 2 heterocycles. The van der Waals surface area contributed by atoms with Gasteiger partial charge < -0.3 is 9.80 Å². The Morgan fingerprint density at radius 3 is 2.16 bits per heavy atom. The van der Waals surface area contributed by atoms with Crippen molar-refractivity contribution in [3.05, 3.63) is 36.2 Å². The molecule has 0 radical (unpaired) electrons. The lowest BCUT2D eigenvalue weighted by molar-refractivity contribution is -0.159. The van der Waals surface area contributed by atoms with Crippen molar-refractivity contribution in [3.63, 3.8) is 0 Å². The second-order valence-corrected chi connectivity index (χ2v) is 10.1. The molecule has 1 aliphatic heterocycles. The molecule has 1 saturated heterocycles. The monoisotopic (exact) mass is 420 g/mol. The molecule has 0 unspecified atom stereocenters. The number of benzene rings is 1. The van der Waals surface area contributed by atoms with Crippen LogP contribution >= 0.6 is 0 Å². The highest BCUT2D eigenvalue weighted by Crippen LogP contribution is 2.60. The summed E-state index contributed by atoms with van der Waals surface area (Å²) in [7, 11) is 0. The van der Waals surface area contributed by atoms with Gasteiger partial charge in [0.1, 0.15) is 6.33 Å². The van der Waals surface area contributed by atoms with Crippen molar-refractivity contribution in [2.45, 2.75) is 38.5 Å². The van der Waals surface area contributed by atoms with Crippen molar-refractivity contribution in [1.82, 2.24) is 30.0 Å². The highest BCUT2D eigenvalue weighted by atomic mass is 16.2. The van der Waals surface area contributed by atoms with E-state index in [1.54, 1.807) is 4.68 Å². The van der Waals surface area contributed by atoms with E-state index in [0.717, 1.165) is 42.7 Å². The molecule has 2 aromatic rings. The molecule has 4 bridgehead atoms. The van der Waals surface area contributed by atoms with Crippen molar-refractivity contribution < 1.29 is 9.59 Å². The quantitative estimate of drug-likeness (QED) is 0.760. The van der Waals surface area contributed by atoms with Gasteiger partial charge in [-0.25, -0.2) is 4.68 Å². The van der Waals surface area contributed by atoms with Crippen LogP contribution in [0, 0.1) is 23.2 Å². The number of carbonyl (C=O) groups is 2. The first-order valence-corrected chi connectivity index (χ1v) is 11.5.